The lowest BCUT2D eigenvalue weighted by Crippen LogP contribution is -2.45. The van der Waals surface area contributed by atoms with Crippen molar-refractivity contribution in [2.75, 3.05) is 34.0 Å². The molecule has 0 radical (unpaired) electrons. The maximum atomic E-state index is 10.8. The quantitative estimate of drug-likeness (QED) is 0.851. The van der Waals surface area contributed by atoms with Gasteiger partial charge in [-0.15, -0.1) is 0 Å². The summed E-state index contributed by atoms with van der Waals surface area (Å²) in [5.41, 5.74) is -0.287. The minimum absolute atomic E-state index is 0.134. The number of hydrogen-bond acceptors (Lipinski definition) is 5. The van der Waals surface area contributed by atoms with E-state index >= 15 is 0 Å². The fraction of sp³-hybridized carbons (Fsp3) is 0.600. The smallest absolute Gasteiger partial charge is 0.125 e. The molecule has 1 aliphatic rings. The van der Waals surface area contributed by atoms with Crippen molar-refractivity contribution >= 4 is 0 Å². The summed E-state index contributed by atoms with van der Waals surface area (Å²) in [6.45, 7) is 3.94. The molecule has 5 heteroatoms. The molecule has 20 heavy (non-hydrogen) atoms. The summed E-state index contributed by atoms with van der Waals surface area (Å²) in [6.07, 6.45) is 0.552. The average molecular weight is 281 g/mol. The van der Waals surface area contributed by atoms with Gasteiger partial charge in [0, 0.05) is 18.2 Å². The molecule has 1 aromatic carbocycles. The molecule has 1 heterocycles. The van der Waals surface area contributed by atoms with Crippen LogP contribution in [0.3, 0.4) is 0 Å². The van der Waals surface area contributed by atoms with Gasteiger partial charge in [0.15, 0.2) is 0 Å². The van der Waals surface area contributed by atoms with Gasteiger partial charge in [-0.1, -0.05) is 0 Å². The van der Waals surface area contributed by atoms with E-state index in [4.69, 9.17) is 14.2 Å². The van der Waals surface area contributed by atoms with E-state index in [1.54, 1.807) is 21.1 Å². The first-order valence-electron chi connectivity index (χ1n) is 6.83. The van der Waals surface area contributed by atoms with E-state index in [1.165, 1.54) is 0 Å². The Morgan fingerprint density at radius 2 is 2.20 bits per heavy atom. The number of morpholine rings is 1. The second kappa shape index (κ2) is 6.43. The number of rotatable bonds is 5. The molecule has 0 amide bonds. The van der Waals surface area contributed by atoms with Gasteiger partial charge in [0.1, 0.15) is 11.5 Å². The molecule has 1 fully saturated rings. The molecule has 1 saturated heterocycles. The Labute approximate surface area is 119 Å². The van der Waals surface area contributed by atoms with Crippen LogP contribution in [0.4, 0.5) is 0 Å². The molecule has 1 aliphatic heterocycles. The summed E-state index contributed by atoms with van der Waals surface area (Å²) in [6, 6.07) is 5.59. The van der Waals surface area contributed by atoms with Crippen LogP contribution in [-0.4, -0.2) is 45.1 Å². The summed E-state index contributed by atoms with van der Waals surface area (Å²) in [5, 5.41) is 14.2. The van der Waals surface area contributed by atoms with Gasteiger partial charge in [0.25, 0.3) is 0 Å². The Balaban J connectivity index is 2.22. The number of aliphatic hydroxyl groups is 1. The summed E-state index contributed by atoms with van der Waals surface area (Å²) in [7, 11) is 3.21. The Bertz CT molecular complexity index is 441. The van der Waals surface area contributed by atoms with Gasteiger partial charge in [-0.05, 0) is 31.5 Å². The number of methoxy groups -OCH3 is 2. The highest BCUT2D eigenvalue weighted by Gasteiger charge is 2.31. The molecule has 5 nitrogen and oxygen atoms in total. The Morgan fingerprint density at radius 1 is 1.40 bits per heavy atom. The second-order valence-electron chi connectivity index (χ2n) is 5.27. The fourth-order valence-electron chi connectivity index (χ4n) is 2.58. The van der Waals surface area contributed by atoms with Gasteiger partial charge < -0.3 is 24.6 Å². The summed E-state index contributed by atoms with van der Waals surface area (Å²) in [4.78, 5) is 0. The lowest BCUT2D eigenvalue weighted by Gasteiger charge is -2.32. The van der Waals surface area contributed by atoms with E-state index in [-0.39, 0.29) is 6.04 Å². The molecule has 2 unspecified atom stereocenters. The zero-order valence-electron chi connectivity index (χ0n) is 12.3. The van der Waals surface area contributed by atoms with Gasteiger partial charge >= 0.3 is 0 Å². The zero-order chi connectivity index (χ0) is 14.6. The highest BCUT2D eigenvalue weighted by atomic mass is 16.5. The summed E-state index contributed by atoms with van der Waals surface area (Å²) < 4.78 is 16.0. The first kappa shape index (κ1) is 15.1. The average Bonchev–Trinajstić information content (AvgIpc) is 2.47. The van der Waals surface area contributed by atoms with Crippen LogP contribution >= 0.6 is 0 Å². The van der Waals surface area contributed by atoms with E-state index < -0.39 is 5.60 Å². The number of nitrogens with one attached hydrogen (secondary N) is 1. The number of hydrogen-bond donors (Lipinski definition) is 2. The van der Waals surface area contributed by atoms with Crippen molar-refractivity contribution in [2.45, 2.75) is 25.0 Å². The lowest BCUT2D eigenvalue weighted by molar-refractivity contribution is 0.00178. The molecule has 2 rings (SSSR count). The molecule has 0 saturated carbocycles. The SMILES string of the molecule is COc1ccc(OC)c(C(C)(O)CC2COCCN2)c1. The lowest BCUT2D eigenvalue weighted by atomic mass is 9.88. The van der Waals surface area contributed by atoms with Gasteiger partial charge in [0.2, 0.25) is 0 Å². The van der Waals surface area contributed by atoms with Crippen LogP contribution < -0.4 is 14.8 Å². The van der Waals surface area contributed by atoms with E-state index in [2.05, 4.69) is 5.32 Å². The van der Waals surface area contributed by atoms with Crippen molar-refractivity contribution in [1.29, 1.82) is 0 Å². The van der Waals surface area contributed by atoms with E-state index in [0.29, 0.717) is 24.5 Å². The zero-order valence-corrected chi connectivity index (χ0v) is 12.3. The molecule has 2 N–H and O–H groups in total. The van der Waals surface area contributed by atoms with Crippen LogP contribution in [0.2, 0.25) is 0 Å². The molecule has 2 atom stereocenters. The fourth-order valence-corrected chi connectivity index (χ4v) is 2.58. The number of ether oxygens (including phenoxy) is 3. The second-order valence-corrected chi connectivity index (χ2v) is 5.27. The van der Waals surface area contributed by atoms with Crippen LogP contribution in [0.15, 0.2) is 18.2 Å². The highest BCUT2D eigenvalue weighted by molar-refractivity contribution is 5.43. The Morgan fingerprint density at radius 3 is 2.80 bits per heavy atom. The molecule has 0 bridgehead atoms. The van der Waals surface area contributed by atoms with Crippen LogP contribution in [0.1, 0.15) is 18.9 Å². The first-order chi connectivity index (χ1) is 9.56. The van der Waals surface area contributed by atoms with Crippen molar-refractivity contribution in [2.24, 2.45) is 0 Å². The topological polar surface area (TPSA) is 60.0 Å². The van der Waals surface area contributed by atoms with Crippen molar-refractivity contribution in [1.82, 2.24) is 5.32 Å². The standard InChI is InChI=1S/C15H23NO4/c1-15(17,9-11-10-20-7-6-16-11)13-8-12(18-2)4-5-14(13)19-3/h4-5,8,11,16-17H,6-7,9-10H2,1-3H3. The van der Waals surface area contributed by atoms with E-state index in [0.717, 1.165) is 18.7 Å². The van der Waals surface area contributed by atoms with Crippen molar-refractivity contribution in [3.05, 3.63) is 23.8 Å². The van der Waals surface area contributed by atoms with Gasteiger partial charge in [-0.2, -0.15) is 0 Å². The monoisotopic (exact) mass is 281 g/mol. The van der Waals surface area contributed by atoms with Crippen molar-refractivity contribution in [3.8, 4) is 11.5 Å². The van der Waals surface area contributed by atoms with Gasteiger partial charge in [0.05, 0.1) is 33.0 Å². The summed E-state index contributed by atoms with van der Waals surface area (Å²) >= 11 is 0. The van der Waals surface area contributed by atoms with Gasteiger partial charge in [-0.25, -0.2) is 0 Å². The molecule has 0 aliphatic carbocycles. The van der Waals surface area contributed by atoms with E-state index in [9.17, 15) is 5.11 Å². The minimum atomic E-state index is -1.02. The molecular formula is C15H23NO4. The van der Waals surface area contributed by atoms with Crippen molar-refractivity contribution < 1.29 is 19.3 Å². The van der Waals surface area contributed by atoms with Crippen LogP contribution in [-0.2, 0) is 10.3 Å². The summed E-state index contributed by atoms with van der Waals surface area (Å²) in [5.74, 6) is 1.36. The molecule has 1 aromatic rings. The predicted molar refractivity (Wildman–Crippen MR) is 76.3 cm³/mol. The third kappa shape index (κ3) is 3.42. The van der Waals surface area contributed by atoms with Gasteiger partial charge in [-0.3, -0.25) is 0 Å². The van der Waals surface area contributed by atoms with Crippen LogP contribution in [0, 0.1) is 0 Å². The van der Waals surface area contributed by atoms with E-state index in [1.807, 2.05) is 18.2 Å². The third-order valence-electron chi connectivity index (χ3n) is 3.63. The maximum absolute atomic E-state index is 10.8. The first-order valence-corrected chi connectivity index (χ1v) is 6.83. The Hall–Kier alpha value is -1.30. The molecule has 0 aromatic heterocycles. The minimum Gasteiger partial charge on any atom is -0.497 e. The largest absolute Gasteiger partial charge is 0.497 e. The highest BCUT2D eigenvalue weighted by Crippen LogP contribution is 2.36. The van der Waals surface area contributed by atoms with Crippen molar-refractivity contribution in [3.63, 3.8) is 0 Å². The Kier molecular flexibility index (Phi) is 4.86. The molecular weight excluding hydrogens is 258 g/mol. The number of benzene rings is 1. The third-order valence-corrected chi connectivity index (χ3v) is 3.63. The predicted octanol–water partition coefficient (Wildman–Crippen LogP) is 1.29. The normalized spacial score (nSPS) is 22.1. The maximum Gasteiger partial charge on any atom is 0.125 e. The van der Waals surface area contributed by atoms with Crippen LogP contribution in [0.25, 0.3) is 0 Å². The molecule has 0 spiro atoms. The molecule has 112 valence electrons. The van der Waals surface area contributed by atoms with Crippen LogP contribution in [0.5, 0.6) is 11.5 Å².